The van der Waals surface area contributed by atoms with Crippen LogP contribution in [0.25, 0.3) is 0 Å². The molecular formula is C14H22N2O2. The highest BCUT2D eigenvalue weighted by Crippen LogP contribution is 2.28. The van der Waals surface area contributed by atoms with Gasteiger partial charge in [-0.05, 0) is 25.0 Å². The Morgan fingerprint density at radius 3 is 2.50 bits per heavy atom. The largest absolute Gasteiger partial charge is 0.465 e. The van der Waals surface area contributed by atoms with E-state index in [0.717, 1.165) is 18.5 Å². The number of carbonyl (C=O) groups is 1. The van der Waals surface area contributed by atoms with Gasteiger partial charge in [-0.15, -0.1) is 0 Å². The molecule has 1 aromatic carbocycles. The number of rotatable bonds is 5. The van der Waals surface area contributed by atoms with Gasteiger partial charge in [0.15, 0.2) is 0 Å². The Labute approximate surface area is 109 Å². The summed E-state index contributed by atoms with van der Waals surface area (Å²) in [4.78, 5) is 13.7. The number of nitrogen functional groups attached to an aromatic ring is 1. The van der Waals surface area contributed by atoms with Gasteiger partial charge in [0.05, 0.1) is 24.0 Å². The zero-order chi connectivity index (χ0) is 13.7. The van der Waals surface area contributed by atoms with E-state index in [1.807, 2.05) is 19.2 Å². The third-order valence-corrected chi connectivity index (χ3v) is 3.36. The number of nitrogens with zero attached hydrogens (tertiary/aromatic N) is 1. The van der Waals surface area contributed by atoms with Crippen molar-refractivity contribution >= 4 is 17.3 Å². The summed E-state index contributed by atoms with van der Waals surface area (Å²) >= 11 is 0. The van der Waals surface area contributed by atoms with Crippen LogP contribution in [0.1, 0.15) is 37.0 Å². The maximum absolute atomic E-state index is 11.6. The van der Waals surface area contributed by atoms with Gasteiger partial charge in [-0.25, -0.2) is 4.79 Å². The van der Waals surface area contributed by atoms with Crippen molar-refractivity contribution in [2.75, 3.05) is 24.8 Å². The SMILES string of the molecule is CCC(CC)N(C)c1cccc(C(=O)OC)c1N. The standard InChI is InChI=1S/C14H22N2O2/c1-5-10(6-2)16(3)12-9-7-8-11(13(12)15)14(17)18-4/h7-10H,5-6,15H2,1-4H3. The van der Waals surface area contributed by atoms with Gasteiger partial charge in [0.25, 0.3) is 0 Å². The average molecular weight is 250 g/mol. The smallest absolute Gasteiger partial charge is 0.340 e. The summed E-state index contributed by atoms with van der Waals surface area (Å²) in [6.07, 6.45) is 2.07. The summed E-state index contributed by atoms with van der Waals surface area (Å²) in [6.45, 7) is 4.29. The van der Waals surface area contributed by atoms with Gasteiger partial charge in [-0.1, -0.05) is 19.9 Å². The second-order valence-corrected chi connectivity index (χ2v) is 4.31. The predicted octanol–water partition coefficient (Wildman–Crippen LogP) is 2.68. The fourth-order valence-corrected chi connectivity index (χ4v) is 2.18. The van der Waals surface area contributed by atoms with Gasteiger partial charge in [0.2, 0.25) is 0 Å². The van der Waals surface area contributed by atoms with E-state index in [1.54, 1.807) is 6.07 Å². The molecule has 0 unspecified atom stereocenters. The van der Waals surface area contributed by atoms with Crippen molar-refractivity contribution in [1.82, 2.24) is 0 Å². The lowest BCUT2D eigenvalue weighted by Gasteiger charge is -2.29. The Kier molecular flexibility index (Phi) is 5.01. The van der Waals surface area contributed by atoms with E-state index in [1.165, 1.54) is 7.11 Å². The Bertz CT molecular complexity index is 414. The van der Waals surface area contributed by atoms with E-state index in [4.69, 9.17) is 10.5 Å². The highest BCUT2D eigenvalue weighted by Gasteiger charge is 2.18. The number of hydrogen-bond acceptors (Lipinski definition) is 4. The van der Waals surface area contributed by atoms with E-state index >= 15 is 0 Å². The molecule has 0 amide bonds. The quantitative estimate of drug-likeness (QED) is 0.645. The van der Waals surface area contributed by atoms with Gasteiger partial charge in [0, 0.05) is 13.1 Å². The zero-order valence-corrected chi connectivity index (χ0v) is 11.6. The molecule has 0 spiro atoms. The zero-order valence-electron chi connectivity index (χ0n) is 11.6. The predicted molar refractivity (Wildman–Crippen MR) is 75.0 cm³/mol. The number of benzene rings is 1. The molecule has 4 nitrogen and oxygen atoms in total. The third-order valence-electron chi connectivity index (χ3n) is 3.36. The Balaban J connectivity index is 3.14. The van der Waals surface area contributed by atoms with Crippen LogP contribution >= 0.6 is 0 Å². The van der Waals surface area contributed by atoms with E-state index < -0.39 is 5.97 Å². The van der Waals surface area contributed by atoms with Crippen LogP contribution in [-0.4, -0.2) is 26.2 Å². The van der Waals surface area contributed by atoms with Crippen LogP contribution in [0.4, 0.5) is 11.4 Å². The maximum atomic E-state index is 11.6. The molecule has 1 aromatic rings. The van der Waals surface area contributed by atoms with Crippen molar-refractivity contribution < 1.29 is 9.53 Å². The molecule has 0 atom stereocenters. The monoisotopic (exact) mass is 250 g/mol. The first-order valence-electron chi connectivity index (χ1n) is 6.26. The van der Waals surface area contributed by atoms with E-state index in [9.17, 15) is 4.79 Å². The maximum Gasteiger partial charge on any atom is 0.340 e. The van der Waals surface area contributed by atoms with Gasteiger partial charge in [-0.3, -0.25) is 0 Å². The number of hydrogen-bond donors (Lipinski definition) is 1. The Morgan fingerprint density at radius 1 is 1.39 bits per heavy atom. The minimum atomic E-state index is -0.396. The summed E-state index contributed by atoms with van der Waals surface area (Å²) in [7, 11) is 3.36. The summed E-state index contributed by atoms with van der Waals surface area (Å²) in [5.74, 6) is -0.396. The molecule has 0 saturated heterocycles. The second kappa shape index (κ2) is 6.28. The van der Waals surface area contributed by atoms with Crippen LogP contribution in [0.2, 0.25) is 0 Å². The van der Waals surface area contributed by atoms with Gasteiger partial charge >= 0.3 is 5.97 Å². The van der Waals surface area contributed by atoms with E-state index in [2.05, 4.69) is 18.7 Å². The van der Waals surface area contributed by atoms with Crippen LogP contribution in [0.15, 0.2) is 18.2 Å². The van der Waals surface area contributed by atoms with Crippen molar-refractivity contribution in [2.45, 2.75) is 32.7 Å². The number of esters is 1. The molecule has 0 aliphatic rings. The van der Waals surface area contributed by atoms with Gasteiger partial charge in [-0.2, -0.15) is 0 Å². The molecule has 0 aromatic heterocycles. The lowest BCUT2D eigenvalue weighted by molar-refractivity contribution is 0.0602. The van der Waals surface area contributed by atoms with Gasteiger partial charge in [0.1, 0.15) is 0 Å². The van der Waals surface area contributed by atoms with Crippen molar-refractivity contribution in [2.24, 2.45) is 0 Å². The lowest BCUT2D eigenvalue weighted by atomic mass is 10.1. The molecule has 0 radical (unpaired) electrons. The summed E-state index contributed by atoms with van der Waals surface area (Å²) in [6, 6.07) is 5.86. The molecule has 0 bridgehead atoms. The first kappa shape index (κ1) is 14.4. The van der Waals surface area contributed by atoms with Gasteiger partial charge < -0.3 is 15.4 Å². The average Bonchev–Trinajstić information content (AvgIpc) is 2.39. The molecule has 4 heteroatoms. The number of para-hydroxylation sites is 1. The fourth-order valence-electron chi connectivity index (χ4n) is 2.18. The van der Waals surface area contributed by atoms with Crippen molar-refractivity contribution in [3.8, 4) is 0 Å². The highest BCUT2D eigenvalue weighted by atomic mass is 16.5. The fraction of sp³-hybridized carbons (Fsp3) is 0.500. The number of carbonyl (C=O) groups excluding carboxylic acids is 1. The Hall–Kier alpha value is -1.71. The molecule has 0 aliphatic heterocycles. The topological polar surface area (TPSA) is 55.6 Å². The third kappa shape index (κ3) is 2.75. The number of anilines is 2. The molecule has 100 valence electrons. The minimum absolute atomic E-state index is 0.396. The van der Waals surface area contributed by atoms with Crippen LogP contribution in [-0.2, 0) is 4.74 Å². The normalized spacial score (nSPS) is 10.5. The Morgan fingerprint density at radius 2 is 2.00 bits per heavy atom. The minimum Gasteiger partial charge on any atom is -0.465 e. The summed E-state index contributed by atoms with van der Waals surface area (Å²) < 4.78 is 4.73. The van der Waals surface area contributed by atoms with Crippen molar-refractivity contribution in [3.05, 3.63) is 23.8 Å². The molecule has 0 fully saturated rings. The number of methoxy groups -OCH3 is 1. The molecule has 0 heterocycles. The molecule has 2 N–H and O–H groups in total. The summed E-state index contributed by atoms with van der Waals surface area (Å²) in [5.41, 5.74) is 7.86. The first-order valence-corrected chi connectivity index (χ1v) is 6.26. The molecule has 0 saturated carbocycles. The summed E-state index contributed by atoms with van der Waals surface area (Å²) in [5, 5.41) is 0. The highest BCUT2D eigenvalue weighted by molar-refractivity contribution is 5.98. The van der Waals surface area contributed by atoms with Crippen LogP contribution < -0.4 is 10.6 Å². The van der Waals surface area contributed by atoms with E-state index in [-0.39, 0.29) is 0 Å². The van der Waals surface area contributed by atoms with Crippen LogP contribution in [0.5, 0.6) is 0 Å². The van der Waals surface area contributed by atoms with Crippen LogP contribution in [0, 0.1) is 0 Å². The number of ether oxygens (including phenoxy) is 1. The molecular weight excluding hydrogens is 228 g/mol. The van der Waals surface area contributed by atoms with Crippen molar-refractivity contribution in [1.29, 1.82) is 0 Å². The second-order valence-electron chi connectivity index (χ2n) is 4.31. The number of nitrogens with two attached hydrogens (primary N) is 1. The molecule has 18 heavy (non-hydrogen) atoms. The molecule has 0 aliphatic carbocycles. The molecule has 1 rings (SSSR count). The first-order chi connectivity index (χ1) is 8.56. The van der Waals surface area contributed by atoms with Crippen molar-refractivity contribution in [3.63, 3.8) is 0 Å². The lowest BCUT2D eigenvalue weighted by Crippen LogP contribution is -2.31. The van der Waals surface area contributed by atoms with E-state index in [0.29, 0.717) is 17.3 Å². The van der Waals surface area contributed by atoms with Crippen LogP contribution in [0.3, 0.4) is 0 Å².